The zero-order chi connectivity index (χ0) is 14.9. The topological polar surface area (TPSA) is 50.1 Å². The molecule has 0 N–H and O–H groups in total. The minimum absolute atomic E-state index is 0.0848. The van der Waals surface area contributed by atoms with E-state index in [0.29, 0.717) is 5.92 Å². The van der Waals surface area contributed by atoms with Crippen LogP contribution in [0.1, 0.15) is 46.5 Å². The molecule has 1 aromatic rings. The summed E-state index contributed by atoms with van der Waals surface area (Å²) in [5, 5.41) is 12.5. The summed E-state index contributed by atoms with van der Waals surface area (Å²) < 4.78 is 1.98. The Morgan fingerprint density at radius 3 is 2.15 bits per heavy atom. The van der Waals surface area contributed by atoms with Crippen molar-refractivity contribution in [1.82, 2.24) is 30.0 Å². The van der Waals surface area contributed by atoms with Crippen molar-refractivity contribution in [2.75, 3.05) is 33.2 Å². The number of likely N-dealkylation sites (N-methyl/N-ethyl adjacent to an activating group) is 1. The van der Waals surface area contributed by atoms with E-state index in [0.717, 1.165) is 32.0 Å². The number of nitrogens with zero attached hydrogens (tertiary/aromatic N) is 6. The lowest BCUT2D eigenvalue weighted by molar-refractivity contribution is 0.0779. The van der Waals surface area contributed by atoms with Crippen molar-refractivity contribution in [3.63, 3.8) is 0 Å². The highest BCUT2D eigenvalue weighted by atomic mass is 15.6. The van der Waals surface area contributed by atoms with E-state index in [1.165, 1.54) is 0 Å². The Morgan fingerprint density at radius 2 is 1.65 bits per heavy atom. The summed E-state index contributed by atoms with van der Waals surface area (Å²) in [6, 6.07) is 0.290. The van der Waals surface area contributed by atoms with Gasteiger partial charge in [0.05, 0.1) is 11.6 Å². The summed E-state index contributed by atoms with van der Waals surface area (Å²) >= 11 is 0. The Balaban J connectivity index is 2.28. The average Bonchev–Trinajstić information content (AvgIpc) is 2.80. The van der Waals surface area contributed by atoms with Gasteiger partial charge in [0.2, 0.25) is 0 Å². The van der Waals surface area contributed by atoms with E-state index in [4.69, 9.17) is 0 Å². The lowest BCUT2D eigenvalue weighted by Gasteiger charge is -2.39. The van der Waals surface area contributed by atoms with Crippen LogP contribution >= 0.6 is 0 Å². The van der Waals surface area contributed by atoms with Crippen molar-refractivity contribution in [3.8, 4) is 0 Å². The van der Waals surface area contributed by atoms with Gasteiger partial charge in [0.1, 0.15) is 0 Å². The second kappa shape index (κ2) is 5.77. The van der Waals surface area contributed by atoms with Crippen molar-refractivity contribution >= 4 is 0 Å². The summed E-state index contributed by atoms with van der Waals surface area (Å²) in [4.78, 5) is 4.90. The first kappa shape index (κ1) is 15.4. The summed E-state index contributed by atoms with van der Waals surface area (Å²) in [6.45, 7) is 15.3. The third-order valence-corrected chi connectivity index (χ3v) is 3.96. The Bertz CT molecular complexity index is 425. The molecule has 1 aliphatic heterocycles. The molecule has 6 heteroatoms. The lowest BCUT2D eigenvalue weighted by Crippen LogP contribution is -2.48. The van der Waals surface area contributed by atoms with Gasteiger partial charge in [0, 0.05) is 26.2 Å². The zero-order valence-electron chi connectivity index (χ0n) is 13.7. The number of hydrogen-bond donors (Lipinski definition) is 0. The molecule has 0 aliphatic carbocycles. The fraction of sp³-hybridized carbons (Fsp3) is 0.929. The maximum absolute atomic E-state index is 4.35. The van der Waals surface area contributed by atoms with Crippen molar-refractivity contribution in [3.05, 3.63) is 5.82 Å². The highest BCUT2D eigenvalue weighted by Crippen LogP contribution is 2.29. The van der Waals surface area contributed by atoms with Gasteiger partial charge < -0.3 is 4.90 Å². The first-order chi connectivity index (χ1) is 9.30. The van der Waals surface area contributed by atoms with Gasteiger partial charge in [-0.3, -0.25) is 4.90 Å². The first-order valence-electron chi connectivity index (χ1n) is 7.52. The van der Waals surface area contributed by atoms with E-state index >= 15 is 0 Å². The van der Waals surface area contributed by atoms with E-state index in [9.17, 15) is 0 Å². The van der Waals surface area contributed by atoms with Crippen LogP contribution in [0.4, 0.5) is 0 Å². The predicted octanol–water partition coefficient (Wildman–Crippen LogP) is 1.37. The van der Waals surface area contributed by atoms with Crippen LogP contribution in [0.3, 0.4) is 0 Å². The third-order valence-electron chi connectivity index (χ3n) is 3.96. The van der Waals surface area contributed by atoms with Crippen molar-refractivity contribution in [2.45, 2.75) is 46.2 Å². The van der Waals surface area contributed by atoms with Crippen molar-refractivity contribution in [1.29, 1.82) is 0 Å². The first-order valence-corrected chi connectivity index (χ1v) is 7.52. The summed E-state index contributed by atoms with van der Waals surface area (Å²) in [5.74, 6) is 1.49. The van der Waals surface area contributed by atoms with Crippen LogP contribution in [0, 0.1) is 5.92 Å². The summed E-state index contributed by atoms with van der Waals surface area (Å²) in [6.07, 6.45) is 0. The Kier molecular flexibility index (Phi) is 4.44. The molecule has 20 heavy (non-hydrogen) atoms. The normalized spacial score (nSPS) is 20.6. The smallest absolute Gasteiger partial charge is 0.169 e. The molecule has 1 saturated heterocycles. The van der Waals surface area contributed by atoms with E-state index < -0.39 is 0 Å². The number of aromatic nitrogens is 4. The standard InChI is InChI=1S/C14H28N6/c1-11(2)12(19-9-7-18(6)8-10-19)13-15-16-17-20(13)14(3,4)5/h11-12H,7-10H2,1-6H3. The summed E-state index contributed by atoms with van der Waals surface area (Å²) in [7, 11) is 2.18. The molecule has 2 heterocycles. The largest absolute Gasteiger partial charge is 0.304 e. The molecule has 0 bridgehead atoms. The number of tetrazole rings is 1. The average molecular weight is 280 g/mol. The van der Waals surface area contributed by atoms with Gasteiger partial charge >= 0.3 is 0 Å². The van der Waals surface area contributed by atoms with Gasteiger partial charge in [-0.05, 0) is 44.2 Å². The lowest BCUT2D eigenvalue weighted by atomic mass is 9.99. The van der Waals surface area contributed by atoms with Crippen LogP contribution < -0.4 is 0 Å². The van der Waals surface area contributed by atoms with Crippen molar-refractivity contribution in [2.24, 2.45) is 5.92 Å². The minimum atomic E-state index is -0.0848. The zero-order valence-corrected chi connectivity index (χ0v) is 13.7. The molecular weight excluding hydrogens is 252 g/mol. The van der Waals surface area contributed by atoms with E-state index in [1.807, 2.05) is 4.68 Å². The predicted molar refractivity (Wildman–Crippen MR) is 79.5 cm³/mol. The molecule has 1 aliphatic rings. The van der Waals surface area contributed by atoms with E-state index in [1.54, 1.807) is 0 Å². The second-order valence-electron chi connectivity index (χ2n) is 7.15. The van der Waals surface area contributed by atoms with Crippen molar-refractivity contribution < 1.29 is 0 Å². The Hall–Kier alpha value is -1.01. The van der Waals surface area contributed by atoms with Crippen LogP contribution in [-0.4, -0.2) is 63.2 Å². The van der Waals surface area contributed by atoms with Crippen LogP contribution in [0.2, 0.25) is 0 Å². The molecule has 1 atom stereocenters. The molecule has 1 fully saturated rings. The van der Waals surface area contributed by atoms with Crippen LogP contribution in [0.25, 0.3) is 0 Å². The van der Waals surface area contributed by atoms with Crippen LogP contribution in [0.5, 0.6) is 0 Å². The quantitative estimate of drug-likeness (QED) is 0.837. The maximum atomic E-state index is 4.35. The fourth-order valence-corrected chi connectivity index (χ4v) is 2.84. The summed E-state index contributed by atoms with van der Waals surface area (Å²) in [5.41, 5.74) is -0.0848. The van der Waals surface area contributed by atoms with Gasteiger partial charge in [-0.25, -0.2) is 4.68 Å². The molecule has 2 rings (SSSR count). The van der Waals surface area contributed by atoms with Gasteiger partial charge in [0.25, 0.3) is 0 Å². The van der Waals surface area contributed by atoms with Crippen LogP contribution in [-0.2, 0) is 5.54 Å². The molecule has 6 nitrogen and oxygen atoms in total. The molecule has 0 amide bonds. The van der Waals surface area contributed by atoms with Gasteiger partial charge in [-0.1, -0.05) is 13.8 Å². The highest BCUT2D eigenvalue weighted by molar-refractivity contribution is 4.99. The second-order valence-corrected chi connectivity index (χ2v) is 7.15. The Morgan fingerprint density at radius 1 is 1.05 bits per heavy atom. The molecule has 0 spiro atoms. The minimum Gasteiger partial charge on any atom is -0.304 e. The van der Waals surface area contributed by atoms with Gasteiger partial charge in [-0.2, -0.15) is 0 Å². The molecule has 0 radical (unpaired) electrons. The molecule has 0 saturated carbocycles. The molecule has 0 aromatic carbocycles. The molecule has 1 aromatic heterocycles. The van der Waals surface area contributed by atoms with E-state index in [2.05, 4.69) is 67.0 Å². The maximum Gasteiger partial charge on any atom is 0.169 e. The molecule has 114 valence electrons. The Labute approximate surface area is 122 Å². The third kappa shape index (κ3) is 3.17. The molecular formula is C14H28N6. The molecule has 1 unspecified atom stereocenters. The fourth-order valence-electron chi connectivity index (χ4n) is 2.84. The number of rotatable bonds is 3. The van der Waals surface area contributed by atoms with Gasteiger partial charge in [-0.15, -0.1) is 5.10 Å². The SMILES string of the molecule is CC(C)C(c1nnnn1C(C)(C)C)N1CCN(C)CC1. The van der Waals surface area contributed by atoms with E-state index in [-0.39, 0.29) is 11.6 Å². The number of hydrogen-bond acceptors (Lipinski definition) is 5. The number of piperazine rings is 1. The monoisotopic (exact) mass is 280 g/mol. The highest BCUT2D eigenvalue weighted by Gasteiger charge is 2.33. The van der Waals surface area contributed by atoms with Crippen LogP contribution in [0.15, 0.2) is 0 Å². The van der Waals surface area contributed by atoms with Gasteiger partial charge in [0.15, 0.2) is 5.82 Å².